The molecule has 0 unspecified atom stereocenters. The number of aliphatic carboxylic acids is 1. The van der Waals surface area contributed by atoms with Gasteiger partial charge >= 0.3 is 5.97 Å². The monoisotopic (exact) mass is 947 g/mol. The van der Waals surface area contributed by atoms with E-state index in [1.54, 1.807) is 50.8 Å². The summed E-state index contributed by atoms with van der Waals surface area (Å²) in [5.74, 6) is -4.79. The number of rotatable bonds is 21. The maximum absolute atomic E-state index is 13.9. The van der Waals surface area contributed by atoms with E-state index in [4.69, 9.17) is 0 Å². The van der Waals surface area contributed by atoms with Gasteiger partial charge in [0.1, 0.15) is 6.54 Å². The Bertz CT molecular complexity index is 2670. The molecular formula is C38H51N4O16S4+. The second kappa shape index (κ2) is 19.0. The van der Waals surface area contributed by atoms with Gasteiger partial charge in [-0.2, -0.15) is 38.2 Å². The van der Waals surface area contributed by atoms with Crippen LogP contribution in [-0.2, 0) is 56.1 Å². The molecule has 342 valence electrons. The zero-order valence-corrected chi connectivity index (χ0v) is 37.6. The molecule has 2 aliphatic rings. The van der Waals surface area contributed by atoms with Crippen molar-refractivity contribution in [1.82, 2.24) is 10.6 Å². The molecule has 2 amide bonds. The van der Waals surface area contributed by atoms with E-state index in [0.29, 0.717) is 53.2 Å². The lowest BCUT2D eigenvalue weighted by atomic mass is 9.78. The number of nitrogens with zero attached hydrogens (tertiary/aromatic N) is 2. The number of hydrogen-bond donors (Lipinski definition) is 7. The van der Waals surface area contributed by atoms with Gasteiger partial charge in [0.05, 0.1) is 38.7 Å². The van der Waals surface area contributed by atoms with Crippen LogP contribution in [-0.4, -0.2) is 128 Å². The Kier molecular flexibility index (Phi) is 15.4. The Labute approximate surface area is 360 Å². The van der Waals surface area contributed by atoms with Crippen molar-refractivity contribution in [1.29, 1.82) is 0 Å². The van der Waals surface area contributed by atoms with Crippen LogP contribution in [0, 0.1) is 0 Å². The summed E-state index contributed by atoms with van der Waals surface area (Å²) in [4.78, 5) is 39.9. The van der Waals surface area contributed by atoms with Crippen LogP contribution in [0.5, 0.6) is 0 Å². The normalized spacial score (nSPS) is 16.8. The Hall–Kier alpha value is -4.56. The summed E-state index contributed by atoms with van der Waals surface area (Å²) in [5.41, 5.74) is 0.751. The second-order valence-corrected chi connectivity index (χ2v) is 22.0. The second-order valence-electron chi connectivity index (χ2n) is 15.8. The largest absolute Gasteiger partial charge is 0.481 e. The van der Waals surface area contributed by atoms with Crippen LogP contribution in [0.3, 0.4) is 0 Å². The summed E-state index contributed by atoms with van der Waals surface area (Å²) in [6.07, 6.45) is 6.26. The van der Waals surface area contributed by atoms with E-state index in [-0.39, 0.29) is 42.0 Å². The van der Waals surface area contributed by atoms with E-state index in [1.165, 1.54) is 30.3 Å². The molecule has 0 radical (unpaired) electrons. The summed E-state index contributed by atoms with van der Waals surface area (Å²) in [7, 11) is -17.9. The summed E-state index contributed by atoms with van der Waals surface area (Å²) in [6.45, 7) is 6.49. The Morgan fingerprint density at radius 3 is 1.90 bits per heavy atom. The van der Waals surface area contributed by atoms with Crippen LogP contribution in [0.4, 0.5) is 11.4 Å². The average Bonchev–Trinajstić information content (AvgIpc) is 3.46. The zero-order chi connectivity index (χ0) is 46.6. The third-order valence-electron chi connectivity index (χ3n) is 10.5. The average molecular weight is 948 g/mol. The molecule has 0 fully saturated rings. The van der Waals surface area contributed by atoms with Crippen molar-refractivity contribution in [2.75, 3.05) is 48.3 Å². The predicted octanol–water partition coefficient (Wildman–Crippen LogP) is 2.71. The van der Waals surface area contributed by atoms with Crippen LogP contribution in [0.15, 0.2) is 59.2 Å². The van der Waals surface area contributed by atoms with E-state index in [9.17, 15) is 71.4 Å². The molecular weight excluding hydrogens is 897 g/mol. The molecule has 0 bridgehead atoms. The first-order chi connectivity index (χ1) is 28.4. The van der Waals surface area contributed by atoms with Crippen molar-refractivity contribution in [3.05, 3.63) is 76.5 Å². The van der Waals surface area contributed by atoms with Gasteiger partial charge in [0.2, 0.25) is 5.69 Å². The highest BCUT2D eigenvalue weighted by molar-refractivity contribution is 7.86. The number of benzene rings is 2. The standard InChI is InChI=1S/C38H50N4O16S4/c1-37(2)28-24-26(62(56,57)58)13-14-29(28)41(18-9-19-59(47,48)49)31(37)10-8-11-32-38(3,4)34-27(36(46)40-16-21-61(53,54)55)22-25(35(45)39-15-20-60(50,51)52)23-30(34)42(32)17-7-5-6-12-33(43)44/h8,10-11,13-14,22-24H,5-7,9,12,15-21H2,1-4H3,(H6-,39,40,43,44,45,46,47,48,49,50,51,52,53,54,55,56,57,58)/p+1. The van der Waals surface area contributed by atoms with Crippen molar-refractivity contribution >= 4 is 75.3 Å². The molecule has 62 heavy (non-hydrogen) atoms. The molecule has 2 aliphatic heterocycles. The molecule has 0 aliphatic carbocycles. The number of nitrogens with one attached hydrogen (secondary N) is 2. The van der Waals surface area contributed by atoms with Crippen LogP contribution in [0.1, 0.15) is 91.6 Å². The molecule has 4 rings (SSSR count). The third kappa shape index (κ3) is 12.8. The first-order valence-electron chi connectivity index (χ1n) is 19.2. The van der Waals surface area contributed by atoms with Gasteiger partial charge in [-0.25, -0.2) is 0 Å². The Morgan fingerprint density at radius 1 is 0.742 bits per heavy atom. The van der Waals surface area contributed by atoms with Crippen LogP contribution >= 0.6 is 0 Å². The number of unbranched alkanes of at least 4 members (excludes halogenated alkanes) is 2. The molecule has 0 aromatic heterocycles. The van der Waals surface area contributed by atoms with Crippen LogP contribution < -0.4 is 15.5 Å². The van der Waals surface area contributed by atoms with Gasteiger partial charge in [-0.05, 0) is 69.0 Å². The van der Waals surface area contributed by atoms with E-state index in [0.717, 1.165) is 0 Å². The quantitative estimate of drug-likeness (QED) is 0.0537. The number of carbonyl (C=O) groups excluding carboxylic acids is 2. The van der Waals surface area contributed by atoms with Crippen molar-refractivity contribution in [2.24, 2.45) is 0 Å². The highest BCUT2D eigenvalue weighted by atomic mass is 32.2. The first kappa shape index (κ1) is 50.1. The summed E-state index contributed by atoms with van der Waals surface area (Å²) < 4.78 is 133. The minimum absolute atomic E-state index is 0.0222. The van der Waals surface area contributed by atoms with E-state index in [1.807, 2.05) is 4.58 Å². The smallest absolute Gasteiger partial charge is 0.303 e. The van der Waals surface area contributed by atoms with Gasteiger partial charge in [-0.3, -0.25) is 32.6 Å². The lowest BCUT2D eigenvalue weighted by Gasteiger charge is -2.27. The fourth-order valence-corrected chi connectivity index (χ4v) is 9.36. The molecule has 2 aromatic carbocycles. The summed E-state index contributed by atoms with van der Waals surface area (Å²) >= 11 is 0. The van der Waals surface area contributed by atoms with Gasteiger partial charge in [0, 0.05) is 67.0 Å². The SMILES string of the molecule is CC1(C)C(/C=C/C=C2/N(CCCS(=O)(=O)O)c3ccc(S(=O)(=O)O)cc3C2(C)C)=[N+](CCCCCC(=O)O)c2cc(C(=O)NCCS(=O)(=O)O)cc(C(=O)NCCS(=O)(=O)O)c21. The predicted molar refractivity (Wildman–Crippen MR) is 228 cm³/mol. The number of fused-ring (bicyclic) bond motifs is 2. The molecule has 2 heterocycles. The lowest BCUT2D eigenvalue weighted by molar-refractivity contribution is -0.438. The minimum atomic E-state index is -4.60. The topological polar surface area (TPSA) is 319 Å². The molecule has 24 heteroatoms. The summed E-state index contributed by atoms with van der Waals surface area (Å²) in [6, 6.07) is 6.73. The van der Waals surface area contributed by atoms with Crippen molar-refractivity contribution in [3.8, 4) is 0 Å². The van der Waals surface area contributed by atoms with E-state index < -0.39 is 99.4 Å². The van der Waals surface area contributed by atoms with Gasteiger partial charge < -0.3 is 20.6 Å². The number of amides is 2. The van der Waals surface area contributed by atoms with Crippen molar-refractivity contribution in [2.45, 2.75) is 75.5 Å². The third-order valence-corrected chi connectivity index (χ3v) is 13.6. The number of anilines is 1. The maximum atomic E-state index is 13.9. The maximum Gasteiger partial charge on any atom is 0.303 e. The fraction of sp³-hybridized carbons (Fsp3) is 0.474. The van der Waals surface area contributed by atoms with Crippen LogP contribution in [0.25, 0.3) is 0 Å². The number of carbonyl (C=O) groups is 3. The fourth-order valence-electron chi connectivity index (χ4n) is 7.64. The number of hydrogen-bond acceptors (Lipinski definition) is 12. The first-order valence-corrected chi connectivity index (χ1v) is 25.5. The molecule has 0 saturated carbocycles. The molecule has 0 atom stereocenters. The van der Waals surface area contributed by atoms with Crippen molar-refractivity contribution in [3.63, 3.8) is 0 Å². The molecule has 0 spiro atoms. The van der Waals surface area contributed by atoms with E-state index in [2.05, 4.69) is 10.6 Å². The van der Waals surface area contributed by atoms with Gasteiger partial charge in [-0.1, -0.05) is 19.9 Å². The van der Waals surface area contributed by atoms with Crippen molar-refractivity contribution < 1.29 is 75.9 Å². The number of carboxylic acids is 1. The molecule has 0 saturated heterocycles. The number of carboxylic acid groups (broad SMARTS) is 1. The van der Waals surface area contributed by atoms with Gasteiger partial charge in [0.25, 0.3) is 52.3 Å². The zero-order valence-electron chi connectivity index (χ0n) is 34.4. The molecule has 7 N–H and O–H groups in total. The Balaban J connectivity index is 1.90. The van der Waals surface area contributed by atoms with Gasteiger partial charge in [0.15, 0.2) is 5.71 Å². The Morgan fingerprint density at radius 2 is 1.34 bits per heavy atom. The molecule has 2 aromatic rings. The minimum Gasteiger partial charge on any atom is -0.481 e. The summed E-state index contributed by atoms with van der Waals surface area (Å²) in [5, 5.41) is 14.0. The lowest BCUT2D eigenvalue weighted by Crippen LogP contribution is -2.34. The highest BCUT2D eigenvalue weighted by Gasteiger charge is 2.48. The van der Waals surface area contributed by atoms with Crippen LogP contribution in [0.2, 0.25) is 0 Å². The highest BCUT2D eigenvalue weighted by Crippen LogP contribution is 2.49. The number of allylic oxidation sites excluding steroid dienone is 4. The van der Waals surface area contributed by atoms with Gasteiger partial charge in [-0.15, -0.1) is 0 Å². The molecule has 20 nitrogen and oxygen atoms in total. The van der Waals surface area contributed by atoms with E-state index >= 15 is 0 Å².